The van der Waals surface area contributed by atoms with E-state index in [0.29, 0.717) is 11.2 Å². The topological polar surface area (TPSA) is 50.3 Å². The van der Waals surface area contributed by atoms with Crippen molar-refractivity contribution in [2.75, 3.05) is 38.2 Å². The summed E-state index contributed by atoms with van der Waals surface area (Å²) in [6.45, 7) is 5.73. The molecule has 1 saturated carbocycles. The lowest BCUT2D eigenvalue weighted by Crippen LogP contribution is -2.32. The molecule has 23 heavy (non-hydrogen) atoms. The number of aromatic nitrogens is 2. The molecule has 0 unspecified atom stereocenters. The summed E-state index contributed by atoms with van der Waals surface area (Å²) in [5, 5.41) is 12.0. The van der Waals surface area contributed by atoms with E-state index in [-0.39, 0.29) is 0 Å². The molecule has 1 aromatic rings. The molecular weight excluding hydrogens is 312 g/mol. The van der Waals surface area contributed by atoms with E-state index >= 15 is 0 Å². The van der Waals surface area contributed by atoms with Gasteiger partial charge in [-0.2, -0.15) is 0 Å². The first kappa shape index (κ1) is 15.6. The smallest absolute Gasteiger partial charge is 0.151 e. The third kappa shape index (κ3) is 3.78. The van der Waals surface area contributed by atoms with Crippen molar-refractivity contribution in [3.63, 3.8) is 0 Å². The summed E-state index contributed by atoms with van der Waals surface area (Å²) < 4.78 is 5.47. The van der Waals surface area contributed by atoms with Gasteiger partial charge in [-0.1, -0.05) is 11.6 Å². The van der Waals surface area contributed by atoms with E-state index in [4.69, 9.17) is 16.3 Å². The maximum atomic E-state index is 5.79. The van der Waals surface area contributed by atoms with Gasteiger partial charge >= 0.3 is 0 Å². The minimum Gasteiger partial charge on any atom is -0.381 e. The van der Waals surface area contributed by atoms with E-state index in [9.17, 15) is 0 Å². The van der Waals surface area contributed by atoms with Gasteiger partial charge < -0.3 is 15.0 Å². The van der Waals surface area contributed by atoms with E-state index in [0.717, 1.165) is 36.8 Å². The Kier molecular flexibility index (Phi) is 4.69. The summed E-state index contributed by atoms with van der Waals surface area (Å²) in [5.41, 5.74) is 0. The van der Waals surface area contributed by atoms with Gasteiger partial charge in [0.15, 0.2) is 5.15 Å². The molecule has 3 atom stereocenters. The Labute approximate surface area is 142 Å². The van der Waals surface area contributed by atoms with Crippen molar-refractivity contribution in [1.29, 1.82) is 0 Å². The molecule has 3 heterocycles. The fourth-order valence-electron chi connectivity index (χ4n) is 4.56. The van der Waals surface area contributed by atoms with Crippen molar-refractivity contribution in [2.24, 2.45) is 17.8 Å². The molecule has 1 N–H and O–H groups in total. The zero-order valence-corrected chi connectivity index (χ0v) is 14.2. The highest BCUT2D eigenvalue weighted by atomic mass is 35.5. The lowest BCUT2D eigenvalue weighted by molar-refractivity contribution is 0.0545. The fraction of sp³-hybridized carbons (Fsp3) is 0.765. The summed E-state index contributed by atoms with van der Waals surface area (Å²) in [5.74, 6) is 3.37. The number of ether oxygens (including phenoxy) is 1. The van der Waals surface area contributed by atoms with Crippen LogP contribution < -0.4 is 5.32 Å². The molecule has 3 aliphatic rings. The van der Waals surface area contributed by atoms with E-state index in [2.05, 4.69) is 20.4 Å². The largest absolute Gasteiger partial charge is 0.381 e. The highest BCUT2D eigenvalue weighted by Gasteiger charge is 2.41. The number of halogens is 1. The number of likely N-dealkylation sites (tertiary alicyclic amines) is 1. The van der Waals surface area contributed by atoms with Gasteiger partial charge in [0, 0.05) is 38.9 Å². The van der Waals surface area contributed by atoms with Gasteiger partial charge in [-0.25, -0.2) is 0 Å². The molecule has 0 radical (unpaired) electrons. The van der Waals surface area contributed by atoms with Crippen molar-refractivity contribution in [1.82, 2.24) is 15.1 Å². The highest BCUT2D eigenvalue weighted by Crippen LogP contribution is 2.39. The Balaban J connectivity index is 1.25. The minimum absolute atomic E-state index is 0.447. The van der Waals surface area contributed by atoms with Gasteiger partial charge in [0.2, 0.25) is 0 Å². The zero-order valence-electron chi connectivity index (χ0n) is 13.5. The third-order valence-corrected chi connectivity index (χ3v) is 5.87. The first-order valence-electron chi connectivity index (χ1n) is 8.82. The first-order valence-corrected chi connectivity index (χ1v) is 9.20. The molecule has 126 valence electrons. The zero-order chi connectivity index (χ0) is 15.6. The van der Waals surface area contributed by atoms with Crippen LogP contribution in [0.5, 0.6) is 0 Å². The molecule has 2 aliphatic heterocycles. The SMILES string of the molecule is Clc1ccc(N[C@@H]2C[C@@H]3CN(CC4CCOCC4)C[C@@H]3C2)nn1. The number of rotatable bonds is 4. The molecule has 6 heteroatoms. The Morgan fingerprint density at radius 3 is 2.52 bits per heavy atom. The van der Waals surface area contributed by atoms with E-state index < -0.39 is 0 Å². The van der Waals surface area contributed by atoms with Crippen molar-refractivity contribution in [2.45, 2.75) is 31.7 Å². The van der Waals surface area contributed by atoms with Crippen LogP contribution in [0.15, 0.2) is 12.1 Å². The molecule has 0 amide bonds. The van der Waals surface area contributed by atoms with Gasteiger partial charge in [-0.15, -0.1) is 10.2 Å². The molecule has 1 aromatic heterocycles. The van der Waals surface area contributed by atoms with Crippen molar-refractivity contribution in [3.05, 3.63) is 17.3 Å². The number of fused-ring (bicyclic) bond motifs is 1. The normalized spacial score (nSPS) is 32.1. The molecule has 5 nitrogen and oxygen atoms in total. The molecule has 2 saturated heterocycles. The Hall–Kier alpha value is -0.910. The Bertz CT molecular complexity index is 506. The van der Waals surface area contributed by atoms with Crippen LogP contribution in [0.3, 0.4) is 0 Å². The summed E-state index contributed by atoms with van der Waals surface area (Å²) >= 11 is 5.79. The van der Waals surface area contributed by atoms with Gasteiger partial charge in [0.25, 0.3) is 0 Å². The molecule has 3 fully saturated rings. The van der Waals surface area contributed by atoms with Gasteiger partial charge in [0.05, 0.1) is 0 Å². The third-order valence-electron chi connectivity index (χ3n) is 5.67. The van der Waals surface area contributed by atoms with Crippen LogP contribution in [0.4, 0.5) is 5.82 Å². The first-order chi connectivity index (χ1) is 11.3. The van der Waals surface area contributed by atoms with Crippen molar-refractivity contribution >= 4 is 17.4 Å². The molecule has 0 bridgehead atoms. The summed E-state index contributed by atoms with van der Waals surface area (Å²) in [6.07, 6.45) is 4.98. The molecule has 1 aliphatic carbocycles. The number of anilines is 1. The Morgan fingerprint density at radius 1 is 1.13 bits per heavy atom. The van der Waals surface area contributed by atoms with Gasteiger partial charge in [-0.3, -0.25) is 0 Å². The number of hydrogen-bond donors (Lipinski definition) is 1. The van der Waals surface area contributed by atoms with E-state index in [1.54, 1.807) is 6.07 Å². The van der Waals surface area contributed by atoms with E-state index in [1.165, 1.54) is 45.3 Å². The number of hydrogen-bond acceptors (Lipinski definition) is 5. The van der Waals surface area contributed by atoms with Crippen molar-refractivity contribution in [3.8, 4) is 0 Å². The molecule has 0 aromatic carbocycles. The molecule has 0 spiro atoms. The van der Waals surface area contributed by atoms with Crippen LogP contribution >= 0.6 is 11.6 Å². The number of nitrogens with one attached hydrogen (secondary N) is 1. The van der Waals surface area contributed by atoms with Crippen LogP contribution in [-0.2, 0) is 4.74 Å². The predicted octanol–water partition coefficient (Wildman–Crippen LogP) is 2.68. The van der Waals surface area contributed by atoms with Crippen molar-refractivity contribution < 1.29 is 4.74 Å². The predicted molar refractivity (Wildman–Crippen MR) is 90.6 cm³/mol. The average Bonchev–Trinajstić information content (AvgIpc) is 3.08. The molecular formula is C17H25ClN4O. The fourth-order valence-corrected chi connectivity index (χ4v) is 4.66. The highest BCUT2D eigenvalue weighted by molar-refractivity contribution is 6.29. The summed E-state index contributed by atoms with van der Waals surface area (Å²) in [4.78, 5) is 2.70. The minimum atomic E-state index is 0.447. The second-order valence-corrected chi connectivity index (χ2v) is 7.74. The monoisotopic (exact) mass is 336 g/mol. The Morgan fingerprint density at radius 2 is 1.87 bits per heavy atom. The summed E-state index contributed by atoms with van der Waals surface area (Å²) in [7, 11) is 0. The maximum absolute atomic E-state index is 5.79. The van der Waals surface area contributed by atoms with Crippen LogP contribution in [0, 0.1) is 17.8 Å². The molecule has 4 rings (SSSR count). The number of nitrogens with zero attached hydrogens (tertiary/aromatic N) is 3. The quantitative estimate of drug-likeness (QED) is 0.916. The second-order valence-electron chi connectivity index (χ2n) is 7.35. The van der Waals surface area contributed by atoms with Crippen LogP contribution in [0.2, 0.25) is 5.15 Å². The average molecular weight is 337 g/mol. The van der Waals surface area contributed by atoms with Crippen LogP contribution in [-0.4, -0.2) is 54.0 Å². The van der Waals surface area contributed by atoms with Gasteiger partial charge in [0.1, 0.15) is 5.82 Å². The van der Waals surface area contributed by atoms with E-state index in [1.807, 2.05) is 6.07 Å². The lowest BCUT2D eigenvalue weighted by atomic mass is 10.00. The van der Waals surface area contributed by atoms with Crippen LogP contribution in [0.1, 0.15) is 25.7 Å². The van der Waals surface area contributed by atoms with Gasteiger partial charge in [-0.05, 0) is 55.6 Å². The van der Waals surface area contributed by atoms with Crippen LogP contribution in [0.25, 0.3) is 0 Å². The standard InChI is InChI=1S/C17H25ClN4O/c18-16-1-2-17(21-20-16)19-15-7-13-10-22(11-14(13)8-15)9-12-3-5-23-6-4-12/h1-2,12-15H,3-11H2,(H,19,21)/t13-,14+,15-. The second kappa shape index (κ2) is 6.91. The lowest BCUT2D eigenvalue weighted by Gasteiger charge is -2.27. The maximum Gasteiger partial charge on any atom is 0.151 e. The summed E-state index contributed by atoms with van der Waals surface area (Å²) in [6, 6.07) is 4.24.